The van der Waals surface area contributed by atoms with Crippen molar-refractivity contribution in [3.8, 4) is 12.3 Å². The topological polar surface area (TPSA) is 55.1 Å². The van der Waals surface area contributed by atoms with E-state index in [1.807, 2.05) is 29.7 Å². The fraction of sp³-hybridized carbons (Fsp3) is 0.333. The van der Waals surface area contributed by atoms with Crippen LogP contribution in [0.3, 0.4) is 0 Å². The quantitative estimate of drug-likeness (QED) is 0.836. The minimum Gasteiger partial charge on any atom is -0.481 e. The normalized spacial score (nSPS) is 10.5. The minimum atomic E-state index is -0.782. The molecule has 1 heterocycles. The van der Waals surface area contributed by atoms with Gasteiger partial charge < -0.3 is 9.67 Å². The van der Waals surface area contributed by atoms with E-state index >= 15 is 0 Å². The Morgan fingerprint density at radius 3 is 3.00 bits per heavy atom. The van der Waals surface area contributed by atoms with Crippen LogP contribution in [0.15, 0.2) is 18.2 Å². The highest BCUT2D eigenvalue weighted by Crippen LogP contribution is 2.19. The van der Waals surface area contributed by atoms with Crippen molar-refractivity contribution in [2.24, 2.45) is 0 Å². The number of hydrogen-bond acceptors (Lipinski definition) is 2. The molecule has 2 aromatic rings. The van der Waals surface area contributed by atoms with Crippen LogP contribution >= 0.6 is 0 Å². The van der Waals surface area contributed by atoms with E-state index in [-0.39, 0.29) is 6.42 Å². The summed E-state index contributed by atoms with van der Waals surface area (Å²) in [4.78, 5) is 15.1. The number of aromatic nitrogens is 2. The molecule has 0 saturated carbocycles. The molecule has 1 aromatic carbocycles. The predicted octanol–water partition coefficient (Wildman–Crippen LogP) is 2.39. The van der Waals surface area contributed by atoms with E-state index in [0.29, 0.717) is 19.4 Å². The first-order valence-corrected chi connectivity index (χ1v) is 6.23. The smallest absolute Gasteiger partial charge is 0.303 e. The Hall–Kier alpha value is -2.28. The zero-order valence-electron chi connectivity index (χ0n) is 10.9. The van der Waals surface area contributed by atoms with Crippen LogP contribution in [0, 0.1) is 19.3 Å². The molecule has 0 spiro atoms. The van der Waals surface area contributed by atoms with Gasteiger partial charge in [-0.25, -0.2) is 4.98 Å². The maximum atomic E-state index is 10.6. The van der Waals surface area contributed by atoms with Crippen LogP contribution in [0.5, 0.6) is 0 Å². The van der Waals surface area contributed by atoms with Gasteiger partial charge in [-0.15, -0.1) is 6.42 Å². The maximum absolute atomic E-state index is 10.6. The molecule has 0 radical (unpaired) electrons. The van der Waals surface area contributed by atoms with Gasteiger partial charge in [0.05, 0.1) is 17.6 Å². The number of nitrogens with zero attached hydrogens (tertiary/aromatic N) is 2. The van der Waals surface area contributed by atoms with E-state index in [1.165, 1.54) is 0 Å². The minimum absolute atomic E-state index is 0.151. The molecule has 1 N–H and O–H groups in total. The van der Waals surface area contributed by atoms with Gasteiger partial charge >= 0.3 is 5.97 Å². The first-order valence-electron chi connectivity index (χ1n) is 6.23. The van der Waals surface area contributed by atoms with Gasteiger partial charge in [0, 0.05) is 12.8 Å². The number of rotatable bonds is 5. The Morgan fingerprint density at radius 1 is 1.53 bits per heavy atom. The fourth-order valence-electron chi connectivity index (χ4n) is 2.15. The number of aryl methyl sites for hydroxylation is 2. The third kappa shape index (κ3) is 2.94. The van der Waals surface area contributed by atoms with Crippen LogP contribution in [-0.4, -0.2) is 20.6 Å². The molecule has 4 nitrogen and oxygen atoms in total. The van der Waals surface area contributed by atoms with Gasteiger partial charge in [-0.3, -0.25) is 4.79 Å². The number of carboxylic acids is 1. The van der Waals surface area contributed by atoms with Crippen molar-refractivity contribution in [3.05, 3.63) is 29.6 Å². The van der Waals surface area contributed by atoms with E-state index in [0.717, 1.165) is 22.4 Å². The number of hydrogen-bond donors (Lipinski definition) is 1. The zero-order valence-corrected chi connectivity index (χ0v) is 10.9. The third-order valence-corrected chi connectivity index (χ3v) is 3.02. The molecule has 0 aliphatic heterocycles. The Balaban J connectivity index is 2.33. The van der Waals surface area contributed by atoms with E-state index in [9.17, 15) is 4.79 Å². The summed E-state index contributed by atoms with van der Waals surface area (Å²) >= 11 is 0. The molecule has 0 aliphatic carbocycles. The van der Waals surface area contributed by atoms with E-state index in [2.05, 4.69) is 10.9 Å². The summed E-state index contributed by atoms with van der Waals surface area (Å²) in [6.07, 6.45) is 6.74. The van der Waals surface area contributed by atoms with Crippen molar-refractivity contribution >= 4 is 17.0 Å². The molecule has 0 atom stereocenters. The van der Waals surface area contributed by atoms with E-state index in [4.69, 9.17) is 11.5 Å². The average Bonchev–Trinajstić information content (AvgIpc) is 2.67. The highest BCUT2D eigenvalue weighted by atomic mass is 16.4. The predicted molar refractivity (Wildman–Crippen MR) is 73.9 cm³/mol. The number of carboxylic acid groups (broad SMARTS) is 1. The summed E-state index contributed by atoms with van der Waals surface area (Å²) in [5, 5.41) is 8.68. The second-order valence-electron chi connectivity index (χ2n) is 4.56. The number of imidazole rings is 1. The molecule has 1 aromatic heterocycles. The zero-order chi connectivity index (χ0) is 13.8. The monoisotopic (exact) mass is 256 g/mol. The van der Waals surface area contributed by atoms with Crippen molar-refractivity contribution < 1.29 is 9.90 Å². The van der Waals surface area contributed by atoms with Gasteiger partial charge in [-0.1, -0.05) is 12.0 Å². The average molecular weight is 256 g/mol. The molecule has 2 rings (SSSR count). The number of aliphatic carboxylic acids is 1. The van der Waals surface area contributed by atoms with E-state index < -0.39 is 5.97 Å². The fourth-order valence-corrected chi connectivity index (χ4v) is 2.15. The second kappa shape index (κ2) is 5.57. The van der Waals surface area contributed by atoms with Crippen molar-refractivity contribution in [1.29, 1.82) is 0 Å². The van der Waals surface area contributed by atoms with Gasteiger partial charge in [0.25, 0.3) is 0 Å². The Morgan fingerprint density at radius 2 is 2.32 bits per heavy atom. The summed E-state index contributed by atoms with van der Waals surface area (Å²) in [6.45, 7) is 2.48. The molecule has 0 amide bonds. The van der Waals surface area contributed by atoms with Gasteiger partial charge in [-0.2, -0.15) is 0 Å². The van der Waals surface area contributed by atoms with E-state index in [1.54, 1.807) is 0 Å². The van der Waals surface area contributed by atoms with Gasteiger partial charge in [0.2, 0.25) is 0 Å². The van der Waals surface area contributed by atoms with Crippen LogP contribution in [0.4, 0.5) is 0 Å². The lowest BCUT2D eigenvalue weighted by Gasteiger charge is -2.04. The van der Waals surface area contributed by atoms with Crippen LogP contribution in [0.2, 0.25) is 0 Å². The summed E-state index contributed by atoms with van der Waals surface area (Å²) in [6, 6.07) is 6.05. The largest absolute Gasteiger partial charge is 0.481 e. The molecular formula is C15H16N2O2. The molecule has 19 heavy (non-hydrogen) atoms. The highest BCUT2D eigenvalue weighted by Gasteiger charge is 2.10. The summed E-state index contributed by atoms with van der Waals surface area (Å²) < 4.78 is 1.98. The molecule has 0 saturated heterocycles. The molecule has 0 bridgehead atoms. The molecular weight excluding hydrogens is 240 g/mol. The number of benzene rings is 1. The molecule has 0 unspecified atom stereocenters. The highest BCUT2D eigenvalue weighted by molar-refractivity contribution is 5.77. The van der Waals surface area contributed by atoms with Crippen molar-refractivity contribution in [3.63, 3.8) is 0 Å². The van der Waals surface area contributed by atoms with Crippen LogP contribution in [0.1, 0.15) is 24.2 Å². The number of carbonyl (C=O) groups is 1. The van der Waals surface area contributed by atoms with Crippen LogP contribution < -0.4 is 0 Å². The van der Waals surface area contributed by atoms with Crippen LogP contribution in [0.25, 0.3) is 11.0 Å². The standard InChI is InChI=1S/C15H16N2O2/c1-3-9-17-13-8-7-11(2)10-12(13)16-14(17)5-4-6-15(18)19/h1,7-8,10H,4-6,9H2,2H3,(H,18,19). The van der Waals surface area contributed by atoms with Crippen molar-refractivity contribution in [2.75, 3.05) is 0 Å². The summed E-state index contributed by atoms with van der Waals surface area (Å²) in [5.74, 6) is 2.70. The SMILES string of the molecule is C#CCn1c(CCCC(=O)O)nc2cc(C)ccc21. The second-order valence-corrected chi connectivity index (χ2v) is 4.56. The summed E-state index contributed by atoms with van der Waals surface area (Å²) in [7, 11) is 0. The lowest BCUT2D eigenvalue weighted by molar-refractivity contribution is -0.137. The third-order valence-electron chi connectivity index (χ3n) is 3.02. The Kier molecular flexibility index (Phi) is 3.86. The molecule has 0 fully saturated rings. The molecule has 4 heteroatoms. The number of fused-ring (bicyclic) bond motifs is 1. The maximum Gasteiger partial charge on any atom is 0.303 e. The van der Waals surface area contributed by atoms with Gasteiger partial charge in [0.15, 0.2) is 0 Å². The number of terminal acetylenes is 1. The molecule has 0 aliphatic rings. The summed E-state index contributed by atoms with van der Waals surface area (Å²) in [5.41, 5.74) is 3.07. The lowest BCUT2D eigenvalue weighted by Crippen LogP contribution is -2.04. The van der Waals surface area contributed by atoms with Gasteiger partial charge in [0.1, 0.15) is 5.82 Å². The Labute approximate surface area is 112 Å². The lowest BCUT2D eigenvalue weighted by atomic mass is 10.2. The van der Waals surface area contributed by atoms with Crippen LogP contribution in [-0.2, 0) is 17.8 Å². The first kappa shape index (κ1) is 13.2. The Bertz CT molecular complexity index is 650. The van der Waals surface area contributed by atoms with Crippen molar-refractivity contribution in [1.82, 2.24) is 9.55 Å². The van der Waals surface area contributed by atoms with Gasteiger partial charge in [-0.05, 0) is 31.0 Å². The molecule has 98 valence electrons. The first-order chi connectivity index (χ1) is 9.11. The van der Waals surface area contributed by atoms with Crippen molar-refractivity contribution in [2.45, 2.75) is 32.7 Å².